The van der Waals surface area contributed by atoms with E-state index in [1.54, 1.807) is 0 Å². The maximum Gasteiger partial charge on any atom is 0.146 e. The van der Waals surface area contributed by atoms with Crippen LogP contribution in [0, 0.1) is 0 Å². The van der Waals surface area contributed by atoms with Crippen molar-refractivity contribution < 1.29 is 9.53 Å². The average molecular weight is 185 g/mol. The lowest BCUT2D eigenvalue weighted by atomic mass is 10.2. The van der Waals surface area contributed by atoms with Crippen molar-refractivity contribution in [3.8, 4) is 0 Å². The number of carbonyl (C=O) groups excluding carboxylic acids is 1. The van der Waals surface area contributed by atoms with Crippen molar-refractivity contribution in [1.82, 2.24) is 4.90 Å². The van der Waals surface area contributed by atoms with Crippen LogP contribution in [0.5, 0.6) is 0 Å². The van der Waals surface area contributed by atoms with Gasteiger partial charge in [-0.2, -0.15) is 0 Å². The fourth-order valence-corrected chi connectivity index (χ4v) is 1.56. The third kappa shape index (κ3) is 4.39. The molecule has 0 aromatic carbocycles. The fourth-order valence-electron chi connectivity index (χ4n) is 1.56. The molecule has 0 N–H and O–H groups in total. The summed E-state index contributed by atoms with van der Waals surface area (Å²) in [6, 6.07) is 0. The zero-order valence-corrected chi connectivity index (χ0v) is 8.42. The number of carbonyl (C=O) groups is 1. The van der Waals surface area contributed by atoms with E-state index < -0.39 is 0 Å². The highest BCUT2D eigenvalue weighted by Gasteiger charge is 2.11. The molecule has 0 spiro atoms. The molecular weight excluding hydrogens is 166 g/mol. The van der Waals surface area contributed by atoms with Gasteiger partial charge in [0.2, 0.25) is 0 Å². The van der Waals surface area contributed by atoms with Crippen LogP contribution >= 0.6 is 0 Å². The number of hydrogen-bond donors (Lipinski definition) is 0. The molecule has 0 saturated carbocycles. The van der Waals surface area contributed by atoms with Crippen LogP contribution in [0.3, 0.4) is 0 Å². The standard InChI is InChI=1S/C10H19NO2/c1-2-4-10(12)9-11-5-3-7-13-8-6-11/h2-9H2,1H3. The maximum atomic E-state index is 11.3. The summed E-state index contributed by atoms with van der Waals surface area (Å²) < 4.78 is 5.31. The minimum absolute atomic E-state index is 0.365. The van der Waals surface area contributed by atoms with Gasteiger partial charge in [-0.05, 0) is 12.8 Å². The topological polar surface area (TPSA) is 29.5 Å². The highest BCUT2D eigenvalue weighted by atomic mass is 16.5. The van der Waals surface area contributed by atoms with Crippen molar-refractivity contribution in [3.63, 3.8) is 0 Å². The Hall–Kier alpha value is -0.410. The first kappa shape index (κ1) is 10.7. The normalized spacial score (nSPS) is 19.8. The summed E-state index contributed by atoms with van der Waals surface area (Å²) in [7, 11) is 0. The van der Waals surface area contributed by atoms with Gasteiger partial charge in [0, 0.05) is 26.1 Å². The van der Waals surface area contributed by atoms with Crippen LogP contribution in [0.1, 0.15) is 26.2 Å². The second-order valence-electron chi connectivity index (χ2n) is 3.53. The Bertz CT molecular complexity index is 151. The van der Waals surface area contributed by atoms with E-state index in [2.05, 4.69) is 4.90 Å². The Morgan fingerprint density at radius 3 is 3.00 bits per heavy atom. The number of ketones is 1. The van der Waals surface area contributed by atoms with E-state index in [9.17, 15) is 4.79 Å². The molecule has 0 bridgehead atoms. The van der Waals surface area contributed by atoms with Crippen molar-refractivity contribution in [2.24, 2.45) is 0 Å². The summed E-state index contributed by atoms with van der Waals surface area (Å²) >= 11 is 0. The SMILES string of the molecule is CCCC(=O)CN1CCCOCC1. The Balaban J connectivity index is 2.21. The number of rotatable bonds is 4. The molecule has 1 rings (SSSR count). The summed E-state index contributed by atoms with van der Waals surface area (Å²) in [4.78, 5) is 13.5. The summed E-state index contributed by atoms with van der Waals surface area (Å²) in [5, 5.41) is 0. The molecule has 0 aliphatic carbocycles. The largest absolute Gasteiger partial charge is 0.380 e. The van der Waals surface area contributed by atoms with E-state index in [-0.39, 0.29) is 0 Å². The average Bonchev–Trinajstić information content (AvgIpc) is 2.33. The Morgan fingerprint density at radius 1 is 1.38 bits per heavy atom. The number of hydrogen-bond acceptors (Lipinski definition) is 3. The Morgan fingerprint density at radius 2 is 2.23 bits per heavy atom. The fraction of sp³-hybridized carbons (Fsp3) is 0.900. The summed E-state index contributed by atoms with van der Waals surface area (Å²) in [6.45, 7) is 6.21. The molecule has 1 heterocycles. The molecule has 0 radical (unpaired) electrons. The van der Waals surface area contributed by atoms with Gasteiger partial charge in [-0.1, -0.05) is 6.92 Å². The monoisotopic (exact) mass is 185 g/mol. The highest BCUT2D eigenvalue weighted by Crippen LogP contribution is 2.00. The van der Waals surface area contributed by atoms with E-state index in [1.165, 1.54) is 0 Å². The molecule has 0 atom stereocenters. The molecular formula is C10H19NO2. The van der Waals surface area contributed by atoms with Crippen LogP contribution in [-0.2, 0) is 9.53 Å². The van der Waals surface area contributed by atoms with Gasteiger partial charge in [-0.15, -0.1) is 0 Å². The first-order valence-electron chi connectivity index (χ1n) is 5.14. The first-order valence-corrected chi connectivity index (χ1v) is 5.14. The van der Waals surface area contributed by atoms with Gasteiger partial charge in [-0.25, -0.2) is 0 Å². The van der Waals surface area contributed by atoms with Gasteiger partial charge in [-0.3, -0.25) is 9.69 Å². The van der Waals surface area contributed by atoms with Crippen LogP contribution < -0.4 is 0 Å². The van der Waals surface area contributed by atoms with E-state index in [0.717, 1.165) is 45.6 Å². The van der Waals surface area contributed by atoms with Gasteiger partial charge in [0.1, 0.15) is 5.78 Å². The molecule has 1 fully saturated rings. The molecule has 1 saturated heterocycles. The molecule has 0 aromatic rings. The molecule has 1 aliphatic heterocycles. The lowest BCUT2D eigenvalue weighted by Gasteiger charge is -2.17. The first-order chi connectivity index (χ1) is 6.33. The van der Waals surface area contributed by atoms with Gasteiger partial charge < -0.3 is 4.74 Å². The van der Waals surface area contributed by atoms with Gasteiger partial charge >= 0.3 is 0 Å². The van der Waals surface area contributed by atoms with Crippen LogP contribution in [-0.4, -0.2) is 43.5 Å². The molecule has 0 unspecified atom stereocenters. The summed E-state index contributed by atoms with van der Waals surface area (Å²) in [5.74, 6) is 0.365. The van der Waals surface area contributed by atoms with Crippen molar-refractivity contribution in [3.05, 3.63) is 0 Å². The number of ether oxygens (including phenoxy) is 1. The predicted octanol–water partition coefficient (Wildman–Crippen LogP) is 1.08. The van der Waals surface area contributed by atoms with E-state index in [0.29, 0.717) is 12.3 Å². The zero-order valence-electron chi connectivity index (χ0n) is 8.42. The molecule has 76 valence electrons. The Labute approximate surface area is 80.1 Å². The minimum atomic E-state index is 0.365. The van der Waals surface area contributed by atoms with Crippen LogP contribution in [0.25, 0.3) is 0 Å². The smallest absolute Gasteiger partial charge is 0.146 e. The summed E-state index contributed by atoms with van der Waals surface area (Å²) in [6.07, 6.45) is 2.74. The molecule has 1 aliphatic rings. The lowest BCUT2D eigenvalue weighted by molar-refractivity contribution is -0.120. The van der Waals surface area contributed by atoms with E-state index in [1.807, 2.05) is 6.92 Å². The number of Topliss-reactive ketones (excluding diaryl/α,β-unsaturated/α-hetero) is 1. The predicted molar refractivity (Wildman–Crippen MR) is 51.8 cm³/mol. The van der Waals surface area contributed by atoms with Crippen molar-refractivity contribution in [1.29, 1.82) is 0 Å². The van der Waals surface area contributed by atoms with Crippen molar-refractivity contribution in [2.75, 3.05) is 32.8 Å². The second kappa shape index (κ2) is 6.11. The Kier molecular flexibility index (Phi) is 5.01. The molecule has 3 nitrogen and oxygen atoms in total. The minimum Gasteiger partial charge on any atom is -0.380 e. The third-order valence-corrected chi connectivity index (χ3v) is 2.24. The highest BCUT2D eigenvalue weighted by molar-refractivity contribution is 5.80. The van der Waals surface area contributed by atoms with Crippen LogP contribution in [0.2, 0.25) is 0 Å². The second-order valence-corrected chi connectivity index (χ2v) is 3.53. The number of nitrogens with zero attached hydrogens (tertiary/aromatic N) is 1. The lowest BCUT2D eigenvalue weighted by Crippen LogP contribution is -2.31. The molecule has 0 aromatic heterocycles. The van der Waals surface area contributed by atoms with Crippen molar-refractivity contribution in [2.45, 2.75) is 26.2 Å². The maximum absolute atomic E-state index is 11.3. The molecule has 0 amide bonds. The van der Waals surface area contributed by atoms with Crippen molar-refractivity contribution >= 4 is 5.78 Å². The quantitative estimate of drug-likeness (QED) is 0.656. The zero-order chi connectivity index (χ0) is 9.52. The van der Waals surface area contributed by atoms with E-state index >= 15 is 0 Å². The van der Waals surface area contributed by atoms with E-state index in [4.69, 9.17) is 4.74 Å². The summed E-state index contributed by atoms with van der Waals surface area (Å²) in [5.41, 5.74) is 0. The molecule has 13 heavy (non-hydrogen) atoms. The van der Waals surface area contributed by atoms with Crippen LogP contribution in [0.4, 0.5) is 0 Å². The third-order valence-electron chi connectivity index (χ3n) is 2.24. The van der Waals surface area contributed by atoms with Gasteiger partial charge in [0.15, 0.2) is 0 Å². The van der Waals surface area contributed by atoms with Crippen LogP contribution in [0.15, 0.2) is 0 Å². The molecule has 3 heteroatoms. The van der Waals surface area contributed by atoms with Gasteiger partial charge in [0.05, 0.1) is 13.2 Å². The van der Waals surface area contributed by atoms with Gasteiger partial charge in [0.25, 0.3) is 0 Å².